The number of anilines is 1. The molecule has 2 N–H and O–H groups in total. The highest BCUT2D eigenvalue weighted by molar-refractivity contribution is 6.09. The molecule has 0 saturated heterocycles. The Bertz CT molecular complexity index is 887. The van der Waals surface area contributed by atoms with Gasteiger partial charge in [0.05, 0.1) is 0 Å². The number of rotatable bonds is 4. The number of nitrogens with one attached hydrogen (secondary N) is 1. The number of hydrogen-bond acceptors (Lipinski definition) is 3. The van der Waals surface area contributed by atoms with Crippen molar-refractivity contribution < 1.29 is 14.7 Å². The number of aromatic nitrogens is 2. The number of benzene rings is 2. The minimum atomic E-state index is -1.15. The van der Waals surface area contributed by atoms with Crippen LogP contribution in [0, 0.1) is 0 Å². The molecule has 0 saturated carbocycles. The van der Waals surface area contributed by atoms with E-state index >= 15 is 0 Å². The van der Waals surface area contributed by atoms with E-state index in [4.69, 9.17) is 0 Å². The topological polar surface area (TPSA) is 84.2 Å². The van der Waals surface area contributed by atoms with Crippen molar-refractivity contribution in [3.8, 4) is 11.3 Å². The number of aromatic carboxylic acids is 1. The van der Waals surface area contributed by atoms with Gasteiger partial charge in [-0.3, -0.25) is 9.48 Å². The molecule has 0 radical (unpaired) electrons. The molecule has 3 rings (SSSR count). The van der Waals surface area contributed by atoms with Gasteiger partial charge in [0, 0.05) is 18.2 Å². The number of carbonyl (C=O) groups excluding carboxylic acids is 1. The summed E-state index contributed by atoms with van der Waals surface area (Å²) in [5.41, 5.74) is 1.39. The minimum absolute atomic E-state index is 0.0343. The summed E-state index contributed by atoms with van der Waals surface area (Å²) in [5.74, 6) is -1.39. The van der Waals surface area contributed by atoms with Crippen LogP contribution in [0.15, 0.2) is 60.7 Å². The molecule has 0 aliphatic heterocycles. The van der Waals surface area contributed by atoms with E-state index in [2.05, 4.69) is 10.4 Å². The van der Waals surface area contributed by atoms with Crippen LogP contribution in [-0.4, -0.2) is 26.8 Å². The number of amides is 1. The molecule has 0 spiro atoms. The van der Waals surface area contributed by atoms with E-state index in [0.29, 0.717) is 16.8 Å². The average Bonchev–Trinajstić information content (AvgIpc) is 2.93. The van der Waals surface area contributed by atoms with E-state index in [1.54, 1.807) is 61.6 Å². The second kappa shape index (κ2) is 6.37. The molecule has 0 bridgehead atoms. The Morgan fingerprint density at radius 2 is 1.58 bits per heavy atom. The number of carboxylic acid groups (broad SMARTS) is 1. The van der Waals surface area contributed by atoms with Crippen LogP contribution in [0.3, 0.4) is 0 Å². The van der Waals surface area contributed by atoms with Gasteiger partial charge >= 0.3 is 5.97 Å². The predicted molar refractivity (Wildman–Crippen MR) is 90.0 cm³/mol. The molecule has 6 heteroatoms. The molecular weight excluding hydrogens is 306 g/mol. The highest BCUT2D eigenvalue weighted by Gasteiger charge is 2.24. The predicted octanol–water partition coefficient (Wildman–Crippen LogP) is 3.04. The Hall–Kier alpha value is -3.41. The molecular formula is C18H15N3O3. The molecule has 0 atom stereocenters. The first-order valence-electron chi connectivity index (χ1n) is 7.30. The number of aryl methyl sites for hydroxylation is 1. The Labute approximate surface area is 138 Å². The van der Waals surface area contributed by atoms with Crippen molar-refractivity contribution in [2.24, 2.45) is 7.05 Å². The van der Waals surface area contributed by atoms with E-state index < -0.39 is 5.97 Å². The van der Waals surface area contributed by atoms with Crippen LogP contribution in [0.4, 0.5) is 5.82 Å². The number of carbonyl (C=O) groups is 2. The molecule has 6 nitrogen and oxygen atoms in total. The van der Waals surface area contributed by atoms with Gasteiger partial charge in [-0.05, 0) is 12.1 Å². The Morgan fingerprint density at radius 1 is 1.00 bits per heavy atom. The lowest BCUT2D eigenvalue weighted by atomic mass is 10.1. The smallest absolute Gasteiger partial charge is 0.341 e. The second-order valence-corrected chi connectivity index (χ2v) is 5.19. The first-order valence-corrected chi connectivity index (χ1v) is 7.30. The SMILES string of the molecule is Cn1nc(-c2ccccc2)c(C(=O)O)c1NC(=O)c1ccccc1. The summed E-state index contributed by atoms with van der Waals surface area (Å²) < 4.78 is 1.37. The summed E-state index contributed by atoms with van der Waals surface area (Å²) >= 11 is 0. The van der Waals surface area contributed by atoms with Crippen molar-refractivity contribution in [2.75, 3.05) is 5.32 Å². The van der Waals surface area contributed by atoms with Crippen molar-refractivity contribution in [2.45, 2.75) is 0 Å². The van der Waals surface area contributed by atoms with Crippen LogP contribution < -0.4 is 5.32 Å². The number of carboxylic acids is 1. The van der Waals surface area contributed by atoms with Gasteiger partial charge in [0.15, 0.2) is 0 Å². The van der Waals surface area contributed by atoms with Crippen LogP contribution >= 0.6 is 0 Å². The number of hydrogen-bond donors (Lipinski definition) is 2. The van der Waals surface area contributed by atoms with Crippen LogP contribution in [0.5, 0.6) is 0 Å². The van der Waals surface area contributed by atoms with Gasteiger partial charge in [0.2, 0.25) is 0 Å². The maximum absolute atomic E-state index is 12.3. The summed E-state index contributed by atoms with van der Waals surface area (Å²) in [4.78, 5) is 24.1. The average molecular weight is 321 g/mol. The van der Waals surface area contributed by atoms with Gasteiger partial charge in [-0.25, -0.2) is 4.79 Å². The maximum atomic E-state index is 12.3. The van der Waals surface area contributed by atoms with E-state index in [-0.39, 0.29) is 17.3 Å². The van der Waals surface area contributed by atoms with E-state index in [9.17, 15) is 14.7 Å². The van der Waals surface area contributed by atoms with E-state index in [1.165, 1.54) is 4.68 Å². The van der Waals surface area contributed by atoms with E-state index in [0.717, 1.165) is 0 Å². The van der Waals surface area contributed by atoms with Crippen molar-refractivity contribution in [3.05, 3.63) is 71.8 Å². The molecule has 1 amide bonds. The summed E-state index contributed by atoms with van der Waals surface area (Å²) in [7, 11) is 1.60. The zero-order chi connectivity index (χ0) is 17.1. The third kappa shape index (κ3) is 2.89. The lowest BCUT2D eigenvalue weighted by Gasteiger charge is -2.07. The highest BCUT2D eigenvalue weighted by Crippen LogP contribution is 2.28. The molecule has 0 fully saturated rings. The molecule has 0 aliphatic rings. The van der Waals surface area contributed by atoms with Crippen molar-refractivity contribution >= 4 is 17.7 Å². The van der Waals surface area contributed by atoms with Crippen molar-refractivity contribution in [1.29, 1.82) is 0 Å². The zero-order valence-corrected chi connectivity index (χ0v) is 12.9. The molecule has 2 aromatic carbocycles. The molecule has 1 heterocycles. The van der Waals surface area contributed by atoms with Crippen molar-refractivity contribution in [1.82, 2.24) is 9.78 Å². The van der Waals surface area contributed by atoms with Gasteiger partial charge in [-0.15, -0.1) is 0 Å². The van der Waals surface area contributed by atoms with Gasteiger partial charge in [-0.1, -0.05) is 48.5 Å². The lowest BCUT2D eigenvalue weighted by molar-refractivity contribution is 0.0699. The summed E-state index contributed by atoms with van der Waals surface area (Å²) in [6.07, 6.45) is 0. The fraction of sp³-hybridized carbons (Fsp3) is 0.0556. The first-order chi connectivity index (χ1) is 11.6. The monoisotopic (exact) mass is 321 g/mol. The lowest BCUT2D eigenvalue weighted by Crippen LogP contribution is -2.16. The second-order valence-electron chi connectivity index (χ2n) is 5.19. The molecule has 120 valence electrons. The Kier molecular flexibility index (Phi) is 4.11. The largest absolute Gasteiger partial charge is 0.477 e. The normalized spacial score (nSPS) is 10.4. The van der Waals surface area contributed by atoms with Crippen molar-refractivity contribution in [3.63, 3.8) is 0 Å². The fourth-order valence-corrected chi connectivity index (χ4v) is 2.44. The molecule has 3 aromatic rings. The van der Waals surface area contributed by atoms with Gasteiger partial charge in [0.1, 0.15) is 17.1 Å². The van der Waals surface area contributed by atoms with Crippen LogP contribution in [-0.2, 0) is 7.05 Å². The standard InChI is InChI=1S/C18H15N3O3/c1-21-16(19-17(22)13-10-6-3-7-11-13)14(18(23)24)15(20-21)12-8-4-2-5-9-12/h2-11H,1H3,(H,19,22)(H,23,24). The molecule has 0 unspecified atom stereocenters. The number of nitrogens with zero attached hydrogens (tertiary/aromatic N) is 2. The van der Waals surface area contributed by atoms with E-state index in [1.807, 2.05) is 6.07 Å². The molecule has 0 aliphatic carbocycles. The quantitative estimate of drug-likeness (QED) is 0.773. The van der Waals surface area contributed by atoms with Crippen LogP contribution in [0.25, 0.3) is 11.3 Å². The van der Waals surface area contributed by atoms with Crippen LogP contribution in [0.1, 0.15) is 20.7 Å². The zero-order valence-electron chi connectivity index (χ0n) is 12.9. The Balaban J connectivity index is 2.04. The first kappa shape index (κ1) is 15.5. The highest BCUT2D eigenvalue weighted by atomic mass is 16.4. The third-order valence-electron chi connectivity index (χ3n) is 3.58. The summed E-state index contributed by atoms with van der Waals surface area (Å²) in [6, 6.07) is 17.6. The van der Waals surface area contributed by atoms with Gasteiger partial charge < -0.3 is 10.4 Å². The summed E-state index contributed by atoms with van der Waals surface area (Å²) in [5, 5.41) is 16.5. The maximum Gasteiger partial charge on any atom is 0.341 e. The molecule has 1 aromatic heterocycles. The minimum Gasteiger partial charge on any atom is -0.477 e. The fourth-order valence-electron chi connectivity index (χ4n) is 2.44. The molecule has 24 heavy (non-hydrogen) atoms. The Morgan fingerprint density at radius 3 is 2.17 bits per heavy atom. The van der Waals surface area contributed by atoms with Gasteiger partial charge in [-0.2, -0.15) is 5.10 Å². The van der Waals surface area contributed by atoms with Crippen LogP contribution in [0.2, 0.25) is 0 Å². The third-order valence-corrected chi connectivity index (χ3v) is 3.58. The van der Waals surface area contributed by atoms with Gasteiger partial charge in [0.25, 0.3) is 5.91 Å². The summed E-state index contributed by atoms with van der Waals surface area (Å²) in [6.45, 7) is 0.